The van der Waals surface area contributed by atoms with Gasteiger partial charge in [0.15, 0.2) is 0 Å². The van der Waals surface area contributed by atoms with Gasteiger partial charge in [-0.3, -0.25) is 14.5 Å². The van der Waals surface area contributed by atoms with Crippen molar-refractivity contribution in [3.8, 4) is 0 Å². The number of likely N-dealkylation sites (N-methyl/N-ethyl adjacent to an activating group) is 1. The summed E-state index contributed by atoms with van der Waals surface area (Å²) in [7, 11) is 1.72. The molecule has 7 heteroatoms. The third-order valence-corrected chi connectivity index (χ3v) is 4.07. The first-order chi connectivity index (χ1) is 10.2. The summed E-state index contributed by atoms with van der Waals surface area (Å²) >= 11 is 12.0. The van der Waals surface area contributed by atoms with E-state index in [0.717, 1.165) is 5.56 Å². The zero-order valence-corrected chi connectivity index (χ0v) is 14.3. The van der Waals surface area contributed by atoms with Crippen LogP contribution in [-0.4, -0.2) is 41.5 Å². The third kappa shape index (κ3) is 5.48. The lowest BCUT2D eigenvalue weighted by atomic mass is 10.1. The van der Waals surface area contributed by atoms with Crippen molar-refractivity contribution >= 4 is 35.1 Å². The van der Waals surface area contributed by atoms with Crippen molar-refractivity contribution in [1.82, 2.24) is 10.2 Å². The number of amides is 1. The molecule has 2 N–H and O–H groups in total. The molecule has 0 heterocycles. The highest BCUT2D eigenvalue weighted by Crippen LogP contribution is 2.26. The maximum atomic E-state index is 12.2. The van der Waals surface area contributed by atoms with E-state index in [1.165, 1.54) is 0 Å². The van der Waals surface area contributed by atoms with E-state index in [9.17, 15) is 9.59 Å². The van der Waals surface area contributed by atoms with Crippen LogP contribution in [0.25, 0.3) is 0 Å². The Morgan fingerprint density at radius 1 is 1.32 bits per heavy atom. The molecule has 0 saturated heterocycles. The summed E-state index contributed by atoms with van der Waals surface area (Å²) in [5, 5.41) is 12.6. The van der Waals surface area contributed by atoms with E-state index in [-0.39, 0.29) is 18.4 Å². The first kappa shape index (κ1) is 18.7. The number of carboxylic acid groups (broad SMARTS) is 1. The predicted molar refractivity (Wildman–Crippen MR) is 87.4 cm³/mol. The number of benzene rings is 1. The van der Waals surface area contributed by atoms with Crippen LogP contribution in [0.5, 0.6) is 0 Å². The van der Waals surface area contributed by atoms with Crippen molar-refractivity contribution in [2.75, 3.05) is 13.6 Å². The Labute approximate surface area is 140 Å². The predicted octanol–water partition coefficient (Wildman–Crippen LogP) is 2.97. The minimum Gasteiger partial charge on any atom is -0.481 e. The highest BCUT2D eigenvalue weighted by Gasteiger charge is 2.21. The average molecular weight is 347 g/mol. The molecule has 5 nitrogen and oxygen atoms in total. The zero-order chi connectivity index (χ0) is 16.9. The van der Waals surface area contributed by atoms with Crippen LogP contribution in [0.4, 0.5) is 0 Å². The van der Waals surface area contributed by atoms with Gasteiger partial charge in [-0.05, 0) is 38.6 Å². The van der Waals surface area contributed by atoms with Crippen LogP contribution in [0.2, 0.25) is 10.0 Å². The normalized spacial score (nSPS) is 13.7. The molecule has 0 aliphatic rings. The SMILES string of the molecule is CC(NC(=O)C(C)N(C)CCC(=O)O)c1ccc(Cl)cc1Cl. The smallest absolute Gasteiger partial charge is 0.304 e. The van der Waals surface area contributed by atoms with Crippen molar-refractivity contribution in [3.63, 3.8) is 0 Å². The Bertz CT molecular complexity index is 552. The van der Waals surface area contributed by atoms with Gasteiger partial charge in [-0.2, -0.15) is 0 Å². The Kier molecular flexibility index (Phi) is 7.13. The van der Waals surface area contributed by atoms with Gasteiger partial charge in [-0.15, -0.1) is 0 Å². The van der Waals surface area contributed by atoms with Gasteiger partial charge in [-0.1, -0.05) is 29.3 Å². The number of nitrogens with zero attached hydrogens (tertiary/aromatic N) is 1. The number of halogens is 2. The standard InChI is InChI=1S/C15H20Cl2N2O3/c1-9(12-5-4-11(16)8-13(12)17)18-15(22)10(2)19(3)7-6-14(20)21/h4-5,8-10H,6-7H2,1-3H3,(H,18,22)(H,20,21). The van der Waals surface area contributed by atoms with Gasteiger partial charge >= 0.3 is 5.97 Å². The van der Waals surface area contributed by atoms with Crippen LogP contribution in [0, 0.1) is 0 Å². The number of aliphatic carboxylic acids is 1. The van der Waals surface area contributed by atoms with Crippen LogP contribution >= 0.6 is 23.2 Å². The monoisotopic (exact) mass is 346 g/mol. The van der Waals surface area contributed by atoms with Gasteiger partial charge in [0.25, 0.3) is 0 Å². The van der Waals surface area contributed by atoms with E-state index < -0.39 is 12.0 Å². The first-order valence-corrected chi connectivity index (χ1v) is 7.65. The van der Waals surface area contributed by atoms with Gasteiger partial charge in [0.2, 0.25) is 5.91 Å². The summed E-state index contributed by atoms with van der Waals surface area (Å²) in [6, 6.07) is 4.41. The molecule has 1 aromatic carbocycles. The van der Waals surface area contributed by atoms with Crippen LogP contribution < -0.4 is 5.32 Å². The average Bonchev–Trinajstić information content (AvgIpc) is 2.43. The Morgan fingerprint density at radius 3 is 2.50 bits per heavy atom. The quantitative estimate of drug-likeness (QED) is 0.796. The number of nitrogens with one attached hydrogen (secondary N) is 1. The zero-order valence-electron chi connectivity index (χ0n) is 12.8. The summed E-state index contributed by atoms with van der Waals surface area (Å²) in [5.74, 6) is -1.08. The van der Waals surface area contributed by atoms with Crippen molar-refractivity contribution in [2.24, 2.45) is 0 Å². The molecular weight excluding hydrogens is 327 g/mol. The second kappa shape index (κ2) is 8.36. The molecular formula is C15H20Cl2N2O3. The van der Waals surface area contributed by atoms with E-state index in [4.69, 9.17) is 28.3 Å². The maximum absolute atomic E-state index is 12.2. The van der Waals surface area contributed by atoms with Crippen molar-refractivity contribution in [1.29, 1.82) is 0 Å². The molecule has 0 spiro atoms. The molecule has 0 aliphatic heterocycles. The van der Waals surface area contributed by atoms with E-state index in [0.29, 0.717) is 16.6 Å². The number of carbonyl (C=O) groups excluding carboxylic acids is 1. The number of carboxylic acids is 1. The summed E-state index contributed by atoms with van der Waals surface area (Å²) in [6.07, 6.45) is -0.00726. The lowest BCUT2D eigenvalue weighted by molar-refractivity contribution is -0.138. The first-order valence-electron chi connectivity index (χ1n) is 6.89. The number of hydrogen-bond donors (Lipinski definition) is 2. The molecule has 0 fully saturated rings. The molecule has 0 radical (unpaired) electrons. The maximum Gasteiger partial charge on any atom is 0.304 e. The molecule has 22 heavy (non-hydrogen) atoms. The Balaban J connectivity index is 2.64. The van der Waals surface area contributed by atoms with E-state index in [1.807, 2.05) is 6.92 Å². The summed E-state index contributed by atoms with van der Waals surface area (Å²) < 4.78 is 0. The van der Waals surface area contributed by atoms with E-state index >= 15 is 0 Å². The van der Waals surface area contributed by atoms with Gasteiger partial charge in [-0.25, -0.2) is 0 Å². The van der Waals surface area contributed by atoms with Crippen LogP contribution in [0.15, 0.2) is 18.2 Å². The summed E-state index contributed by atoms with van der Waals surface area (Å²) in [6.45, 7) is 3.87. The second-order valence-electron chi connectivity index (χ2n) is 5.20. The topological polar surface area (TPSA) is 69.6 Å². The largest absolute Gasteiger partial charge is 0.481 e. The summed E-state index contributed by atoms with van der Waals surface area (Å²) in [4.78, 5) is 24.5. The van der Waals surface area contributed by atoms with Crippen molar-refractivity contribution in [2.45, 2.75) is 32.4 Å². The third-order valence-electron chi connectivity index (χ3n) is 3.51. The number of rotatable bonds is 7. The lowest BCUT2D eigenvalue weighted by Gasteiger charge is -2.25. The Hall–Kier alpha value is -1.30. The minimum absolute atomic E-state index is 0.00726. The molecule has 0 saturated carbocycles. The fraction of sp³-hybridized carbons (Fsp3) is 0.467. The molecule has 2 unspecified atom stereocenters. The number of hydrogen-bond acceptors (Lipinski definition) is 3. The molecule has 1 rings (SSSR count). The fourth-order valence-electron chi connectivity index (χ4n) is 1.93. The minimum atomic E-state index is -0.888. The van der Waals surface area contributed by atoms with Gasteiger partial charge in [0.05, 0.1) is 18.5 Å². The molecule has 1 amide bonds. The van der Waals surface area contributed by atoms with Crippen molar-refractivity contribution in [3.05, 3.63) is 33.8 Å². The molecule has 122 valence electrons. The van der Waals surface area contributed by atoms with Gasteiger partial charge in [0, 0.05) is 16.6 Å². The van der Waals surface area contributed by atoms with E-state index in [2.05, 4.69) is 5.32 Å². The molecule has 2 atom stereocenters. The molecule has 0 bridgehead atoms. The van der Waals surface area contributed by atoms with Gasteiger partial charge < -0.3 is 10.4 Å². The Morgan fingerprint density at radius 2 is 1.95 bits per heavy atom. The molecule has 0 aromatic heterocycles. The second-order valence-corrected chi connectivity index (χ2v) is 6.04. The molecule has 0 aliphatic carbocycles. The lowest BCUT2D eigenvalue weighted by Crippen LogP contribution is -2.44. The highest BCUT2D eigenvalue weighted by molar-refractivity contribution is 6.35. The van der Waals surface area contributed by atoms with Crippen LogP contribution in [0.1, 0.15) is 31.9 Å². The molecule has 1 aromatic rings. The fourth-order valence-corrected chi connectivity index (χ4v) is 2.50. The highest BCUT2D eigenvalue weighted by atomic mass is 35.5. The van der Waals surface area contributed by atoms with Crippen molar-refractivity contribution < 1.29 is 14.7 Å². The van der Waals surface area contributed by atoms with Gasteiger partial charge in [0.1, 0.15) is 0 Å². The number of carbonyl (C=O) groups is 2. The summed E-state index contributed by atoms with van der Waals surface area (Å²) in [5.41, 5.74) is 0.778. The van der Waals surface area contributed by atoms with Crippen LogP contribution in [-0.2, 0) is 9.59 Å². The van der Waals surface area contributed by atoms with Crippen LogP contribution in [0.3, 0.4) is 0 Å². The van der Waals surface area contributed by atoms with E-state index in [1.54, 1.807) is 37.1 Å².